The zero-order valence-corrected chi connectivity index (χ0v) is 16.6. The van der Waals surface area contributed by atoms with E-state index in [9.17, 15) is 4.79 Å². The first-order valence-electron chi connectivity index (χ1n) is 9.24. The van der Waals surface area contributed by atoms with E-state index in [1.54, 1.807) is 23.6 Å². The molecule has 1 aromatic heterocycles. The summed E-state index contributed by atoms with van der Waals surface area (Å²) in [7, 11) is 2.14. The van der Waals surface area contributed by atoms with E-state index in [1.165, 1.54) is 0 Å². The number of nitrogens with zero attached hydrogens (tertiary/aromatic N) is 3. The molecule has 7 heteroatoms. The predicted molar refractivity (Wildman–Crippen MR) is 116 cm³/mol. The summed E-state index contributed by atoms with van der Waals surface area (Å²) in [5, 5.41) is 5.74. The molecular weight excluding hydrogens is 370 g/mol. The van der Waals surface area contributed by atoms with Gasteiger partial charge in [0, 0.05) is 54.6 Å². The number of carbonyl (C=O) groups excluding carboxylic acids is 1. The van der Waals surface area contributed by atoms with Crippen LogP contribution >= 0.6 is 11.3 Å². The van der Waals surface area contributed by atoms with Crippen molar-refractivity contribution >= 4 is 34.3 Å². The molecule has 28 heavy (non-hydrogen) atoms. The second-order valence-electron chi connectivity index (χ2n) is 6.93. The normalized spacial score (nSPS) is 14.8. The van der Waals surface area contributed by atoms with Crippen LogP contribution < -0.4 is 16.0 Å². The molecule has 2 heterocycles. The minimum atomic E-state index is -0.173. The molecule has 1 fully saturated rings. The fraction of sp³-hybridized carbons (Fsp3) is 0.238. The summed E-state index contributed by atoms with van der Waals surface area (Å²) >= 11 is 1.55. The lowest BCUT2D eigenvalue weighted by molar-refractivity contribution is 0.102. The first-order chi connectivity index (χ1) is 13.6. The van der Waals surface area contributed by atoms with Gasteiger partial charge >= 0.3 is 0 Å². The molecule has 144 valence electrons. The third-order valence-corrected chi connectivity index (χ3v) is 5.80. The van der Waals surface area contributed by atoms with E-state index in [4.69, 9.17) is 5.73 Å². The molecule has 4 rings (SSSR count). The summed E-state index contributed by atoms with van der Waals surface area (Å²) in [4.78, 5) is 21.7. The van der Waals surface area contributed by atoms with Crippen LogP contribution in [0.1, 0.15) is 10.4 Å². The number of rotatable bonds is 4. The van der Waals surface area contributed by atoms with Gasteiger partial charge in [-0.1, -0.05) is 0 Å². The predicted octanol–water partition coefficient (Wildman–Crippen LogP) is 3.40. The van der Waals surface area contributed by atoms with Crippen molar-refractivity contribution in [2.45, 2.75) is 0 Å². The fourth-order valence-corrected chi connectivity index (χ4v) is 3.88. The van der Waals surface area contributed by atoms with E-state index in [2.05, 4.69) is 27.1 Å². The summed E-state index contributed by atoms with van der Waals surface area (Å²) in [6, 6.07) is 13.3. The van der Waals surface area contributed by atoms with E-state index in [0.29, 0.717) is 16.9 Å². The number of piperazine rings is 1. The molecule has 3 N–H and O–H groups in total. The number of anilines is 3. The largest absolute Gasteiger partial charge is 0.397 e. The number of amides is 1. The molecule has 6 nitrogen and oxygen atoms in total. The molecule has 0 unspecified atom stereocenters. The molecule has 2 aromatic carbocycles. The van der Waals surface area contributed by atoms with Crippen molar-refractivity contribution in [2.24, 2.45) is 0 Å². The number of hydrogen-bond acceptors (Lipinski definition) is 6. The topological polar surface area (TPSA) is 74.5 Å². The highest BCUT2D eigenvalue weighted by molar-refractivity contribution is 7.13. The summed E-state index contributed by atoms with van der Waals surface area (Å²) in [6.45, 7) is 4.11. The van der Waals surface area contributed by atoms with Crippen molar-refractivity contribution in [1.82, 2.24) is 9.88 Å². The molecule has 1 aliphatic heterocycles. The Hall–Kier alpha value is -2.90. The Balaban J connectivity index is 1.47. The lowest BCUT2D eigenvalue weighted by atomic mass is 10.1. The highest BCUT2D eigenvalue weighted by Crippen LogP contribution is 2.29. The van der Waals surface area contributed by atoms with Gasteiger partial charge in [0.05, 0.1) is 11.4 Å². The maximum atomic E-state index is 12.7. The van der Waals surface area contributed by atoms with Gasteiger partial charge in [-0.3, -0.25) is 4.79 Å². The Bertz CT molecular complexity index is 947. The van der Waals surface area contributed by atoms with Crippen molar-refractivity contribution in [3.8, 4) is 10.6 Å². The number of hydrogen-bond donors (Lipinski definition) is 2. The first-order valence-corrected chi connectivity index (χ1v) is 10.1. The maximum Gasteiger partial charge on any atom is 0.255 e. The Labute approximate surface area is 168 Å². The SMILES string of the molecule is CN1CCN(c2ccc(C(=O)Nc3cc(-c4nccs4)ccc3N)cc2)CC1. The number of likely N-dealkylation sites (N-methyl/N-ethyl adjacent to an activating group) is 1. The monoisotopic (exact) mass is 393 g/mol. The average Bonchev–Trinajstić information content (AvgIpc) is 3.25. The lowest BCUT2D eigenvalue weighted by Crippen LogP contribution is -2.44. The number of nitrogens with two attached hydrogens (primary N) is 1. The van der Waals surface area contributed by atoms with Crippen LogP contribution in [-0.2, 0) is 0 Å². The first kappa shape index (κ1) is 18.5. The summed E-state index contributed by atoms with van der Waals surface area (Å²) in [5.41, 5.74) is 9.88. The Kier molecular flexibility index (Phi) is 5.27. The summed E-state index contributed by atoms with van der Waals surface area (Å²) in [6.07, 6.45) is 1.76. The summed E-state index contributed by atoms with van der Waals surface area (Å²) in [5.74, 6) is -0.173. The number of thiazole rings is 1. The molecule has 0 atom stereocenters. The molecule has 0 radical (unpaired) electrons. The van der Waals surface area contributed by atoms with Crippen LogP contribution in [0.5, 0.6) is 0 Å². The third kappa shape index (κ3) is 4.00. The Morgan fingerprint density at radius 3 is 2.54 bits per heavy atom. The van der Waals surface area contributed by atoms with Gasteiger partial charge in [0.25, 0.3) is 5.91 Å². The van der Waals surface area contributed by atoms with Gasteiger partial charge in [-0.25, -0.2) is 4.98 Å². The molecule has 0 aliphatic carbocycles. The van der Waals surface area contributed by atoms with Crippen molar-refractivity contribution in [2.75, 3.05) is 49.2 Å². The highest BCUT2D eigenvalue weighted by Gasteiger charge is 2.15. The fourth-order valence-electron chi connectivity index (χ4n) is 3.25. The van der Waals surface area contributed by atoms with Crippen LogP contribution in [0.25, 0.3) is 10.6 Å². The number of carbonyl (C=O) groups is 1. The standard InChI is InChI=1S/C21H23N5OS/c1-25-9-11-26(12-10-25)17-5-2-15(3-6-17)20(27)24-19-14-16(4-7-18(19)22)21-23-8-13-28-21/h2-8,13-14H,9-12,22H2,1H3,(H,24,27). The van der Waals surface area contributed by atoms with Gasteiger partial charge in [-0.15, -0.1) is 11.3 Å². The second kappa shape index (κ2) is 8.00. The van der Waals surface area contributed by atoms with Crippen LogP contribution in [0.4, 0.5) is 17.1 Å². The highest BCUT2D eigenvalue weighted by atomic mass is 32.1. The van der Waals surface area contributed by atoms with Crippen LogP contribution in [0.2, 0.25) is 0 Å². The van der Waals surface area contributed by atoms with E-state index in [0.717, 1.165) is 42.4 Å². The zero-order chi connectivity index (χ0) is 19.5. The number of nitrogen functional groups attached to an aromatic ring is 1. The lowest BCUT2D eigenvalue weighted by Gasteiger charge is -2.34. The Morgan fingerprint density at radius 2 is 1.86 bits per heavy atom. The van der Waals surface area contributed by atoms with Gasteiger partial charge in [0.2, 0.25) is 0 Å². The molecule has 1 amide bonds. The average molecular weight is 394 g/mol. The van der Waals surface area contributed by atoms with Crippen molar-refractivity contribution in [3.63, 3.8) is 0 Å². The quantitative estimate of drug-likeness (QED) is 0.665. The number of benzene rings is 2. The summed E-state index contributed by atoms with van der Waals surface area (Å²) < 4.78 is 0. The minimum Gasteiger partial charge on any atom is -0.397 e. The maximum absolute atomic E-state index is 12.7. The Morgan fingerprint density at radius 1 is 1.11 bits per heavy atom. The zero-order valence-electron chi connectivity index (χ0n) is 15.8. The molecule has 0 saturated carbocycles. The van der Waals surface area contributed by atoms with Crippen LogP contribution in [0.15, 0.2) is 54.0 Å². The number of aromatic nitrogens is 1. The second-order valence-corrected chi connectivity index (χ2v) is 7.83. The van der Waals surface area contributed by atoms with E-state index >= 15 is 0 Å². The molecule has 3 aromatic rings. The van der Waals surface area contributed by atoms with Gasteiger partial charge < -0.3 is 20.9 Å². The van der Waals surface area contributed by atoms with Crippen LogP contribution in [-0.4, -0.2) is 49.0 Å². The van der Waals surface area contributed by atoms with E-state index in [-0.39, 0.29) is 5.91 Å². The minimum absolute atomic E-state index is 0.173. The third-order valence-electron chi connectivity index (χ3n) is 4.98. The van der Waals surface area contributed by atoms with Gasteiger partial charge in [0.15, 0.2) is 0 Å². The number of nitrogens with one attached hydrogen (secondary N) is 1. The molecule has 1 saturated heterocycles. The molecule has 1 aliphatic rings. The van der Waals surface area contributed by atoms with Crippen molar-refractivity contribution in [1.29, 1.82) is 0 Å². The van der Waals surface area contributed by atoms with Crippen LogP contribution in [0, 0.1) is 0 Å². The van der Waals surface area contributed by atoms with E-state index < -0.39 is 0 Å². The van der Waals surface area contributed by atoms with E-state index in [1.807, 2.05) is 41.8 Å². The van der Waals surface area contributed by atoms with Gasteiger partial charge in [-0.05, 0) is 49.5 Å². The smallest absolute Gasteiger partial charge is 0.255 e. The van der Waals surface area contributed by atoms with Crippen LogP contribution in [0.3, 0.4) is 0 Å². The molecule has 0 bridgehead atoms. The molecule has 0 spiro atoms. The molecular formula is C21H23N5OS. The van der Waals surface area contributed by atoms with Gasteiger partial charge in [0.1, 0.15) is 5.01 Å². The van der Waals surface area contributed by atoms with Gasteiger partial charge in [-0.2, -0.15) is 0 Å². The van der Waals surface area contributed by atoms with Crippen molar-refractivity contribution in [3.05, 3.63) is 59.6 Å². The van der Waals surface area contributed by atoms with Crippen molar-refractivity contribution < 1.29 is 4.79 Å².